The smallest absolute Gasteiger partial charge is 0.368 e. The molecule has 220 valence electrons. The van der Waals surface area contributed by atoms with Crippen molar-refractivity contribution in [3.8, 4) is 0 Å². The Labute approximate surface area is 238 Å². The normalized spacial score (nSPS) is 14.7. The molecule has 1 fully saturated rings. The van der Waals surface area contributed by atoms with Crippen LogP contribution in [0.15, 0.2) is 60.7 Å². The fourth-order valence-electron chi connectivity index (χ4n) is 4.84. The highest BCUT2D eigenvalue weighted by Crippen LogP contribution is 2.34. The van der Waals surface area contributed by atoms with Crippen LogP contribution in [0.4, 0.5) is 34.6 Å². The first-order valence-electron chi connectivity index (χ1n) is 13.1. The van der Waals surface area contributed by atoms with Crippen molar-refractivity contribution in [2.75, 3.05) is 47.3 Å². The van der Waals surface area contributed by atoms with Gasteiger partial charge in [-0.2, -0.15) is 13.2 Å². The molecular weight excluding hydrogens is 560 g/mol. The second kappa shape index (κ2) is 12.4. The van der Waals surface area contributed by atoms with E-state index in [1.807, 2.05) is 30.0 Å². The van der Waals surface area contributed by atoms with Crippen LogP contribution in [0, 0.1) is 12.7 Å². The third-order valence-corrected chi connectivity index (χ3v) is 8.02. The number of nitrogens with one attached hydrogen (secondary N) is 1. The Kier molecular flexibility index (Phi) is 9.11. The summed E-state index contributed by atoms with van der Waals surface area (Å²) in [6.07, 6.45) is -4.52. The van der Waals surface area contributed by atoms with Crippen molar-refractivity contribution in [3.63, 3.8) is 0 Å². The van der Waals surface area contributed by atoms with Crippen LogP contribution < -0.4 is 19.4 Å². The van der Waals surface area contributed by atoms with Crippen molar-refractivity contribution < 1.29 is 30.8 Å². The van der Waals surface area contributed by atoms with Crippen molar-refractivity contribution in [2.24, 2.45) is 0 Å². The molecule has 1 atom stereocenters. The Hall–Kier alpha value is -3.80. The topological polar surface area (TPSA) is 73.0 Å². The number of amides is 1. The zero-order valence-electron chi connectivity index (χ0n) is 22.9. The van der Waals surface area contributed by atoms with E-state index >= 15 is 0 Å². The van der Waals surface area contributed by atoms with Gasteiger partial charge in [0.25, 0.3) is 0 Å². The molecule has 3 aromatic carbocycles. The first-order chi connectivity index (χ1) is 19.3. The minimum Gasteiger partial charge on any atom is -0.368 e. The first-order valence-corrected chi connectivity index (χ1v) is 14.2. The average Bonchev–Trinajstić information content (AvgIpc) is 2.94. The molecule has 0 spiro atoms. The number of hydrogen-bond acceptors (Lipinski definition) is 5. The van der Waals surface area contributed by atoms with Gasteiger partial charge in [-0.05, 0) is 66.9 Å². The molecule has 1 saturated heterocycles. The van der Waals surface area contributed by atoms with E-state index < -0.39 is 40.3 Å². The van der Waals surface area contributed by atoms with Crippen molar-refractivity contribution >= 4 is 33.9 Å². The van der Waals surface area contributed by atoms with E-state index in [0.717, 1.165) is 33.8 Å². The number of rotatable bonds is 8. The molecule has 12 heteroatoms. The van der Waals surface area contributed by atoms with Gasteiger partial charge in [0.2, 0.25) is 16.8 Å². The Morgan fingerprint density at radius 1 is 1.00 bits per heavy atom. The summed E-state index contributed by atoms with van der Waals surface area (Å²) in [5.74, 6) is -2.03. The number of nitrogens with zero attached hydrogens (tertiary/aromatic N) is 3. The molecule has 1 aliphatic heterocycles. The van der Waals surface area contributed by atoms with Gasteiger partial charge >= 0.3 is 6.18 Å². The van der Waals surface area contributed by atoms with E-state index in [2.05, 4.69) is 16.3 Å². The highest BCUT2D eigenvalue weighted by atomic mass is 32.2. The molecule has 3 aromatic rings. The molecule has 1 N–H and O–H groups in total. The number of thiol groups is 1. The SMILES string of the molecule is Cc1cccc(N2CCN(c3cc(C(F)(F)F)ccc3CNC(=O)C(C)c3ccc(N(C)[SH](=O)=O)c(F)c3)CC2)c1. The number of piperazine rings is 1. The van der Waals surface area contributed by atoms with Crippen LogP contribution in [0.2, 0.25) is 0 Å². The third kappa shape index (κ3) is 7.10. The molecule has 1 amide bonds. The highest BCUT2D eigenvalue weighted by molar-refractivity contribution is 7.74. The number of carbonyl (C=O) groups excluding carboxylic acids is 1. The number of hydrogen-bond donors (Lipinski definition) is 2. The monoisotopic (exact) mass is 592 g/mol. The molecule has 0 aliphatic carbocycles. The number of aryl methyl sites for hydroxylation is 1. The minimum absolute atomic E-state index is 0.0191. The van der Waals surface area contributed by atoms with Gasteiger partial charge in [0.15, 0.2) is 0 Å². The van der Waals surface area contributed by atoms with Gasteiger partial charge in [-0.3, -0.25) is 9.10 Å². The lowest BCUT2D eigenvalue weighted by Crippen LogP contribution is -2.47. The van der Waals surface area contributed by atoms with Gasteiger partial charge in [-0.25, -0.2) is 12.8 Å². The molecule has 4 rings (SSSR count). The Morgan fingerprint density at radius 3 is 2.29 bits per heavy atom. The molecule has 1 aliphatic rings. The van der Waals surface area contributed by atoms with Crippen LogP contribution in [0.1, 0.15) is 35.1 Å². The molecule has 0 saturated carbocycles. The van der Waals surface area contributed by atoms with Gasteiger partial charge in [-0.1, -0.05) is 24.3 Å². The molecule has 1 heterocycles. The predicted molar refractivity (Wildman–Crippen MR) is 152 cm³/mol. The second-order valence-electron chi connectivity index (χ2n) is 10.1. The van der Waals surface area contributed by atoms with E-state index in [4.69, 9.17) is 0 Å². The summed E-state index contributed by atoms with van der Waals surface area (Å²) < 4.78 is 78.4. The fraction of sp³-hybridized carbons (Fsp3) is 0.345. The summed E-state index contributed by atoms with van der Waals surface area (Å²) in [5.41, 5.74) is 2.55. The fourth-order valence-corrected chi connectivity index (χ4v) is 5.18. The maximum Gasteiger partial charge on any atom is 0.416 e. The molecule has 0 bridgehead atoms. The summed E-state index contributed by atoms with van der Waals surface area (Å²) in [5, 5.41) is 2.76. The number of carbonyl (C=O) groups is 1. The zero-order valence-corrected chi connectivity index (χ0v) is 23.8. The summed E-state index contributed by atoms with van der Waals surface area (Å²) in [6, 6.07) is 15.4. The molecule has 7 nitrogen and oxygen atoms in total. The number of anilines is 3. The average molecular weight is 593 g/mol. The van der Waals surface area contributed by atoms with Gasteiger partial charge in [0.1, 0.15) is 5.82 Å². The van der Waals surface area contributed by atoms with Crippen LogP contribution in [0.25, 0.3) is 0 Å². The van der Waals surface area contributed by atoms with E-state index in [9.17, 15) is 30.8 Å². The third-order valence-electron chi connectivity index (χ3n) is 7.31. The number of halogens is 4. The van der Waals surface area contributed by atoms with Crippen LogP contribution in [0.5, 0.6) is 0 Å². The van der Waals surface area contributed by atoms with Crippen LogP contribution in [-0.4, -0.2) is 47.6 Å². The van der Waals surface area contributed by atoms with Crippen LogP contribution in [0.3, 0.4) is 0 Å². The summed E-state index contributed by atoms with van der Waals surface area (Å²) in [7, 11) is -1.81. The van der Waals surface area contributed by atoms with E-state index in [0.29, 0.717) is 43.0 Å². The second-order valence-corrected chi connectivity index (χ2v) is 11.1. The Morgan fingerprint density at radius 2 is 1.68 bits per heavy atom. The Bertz CT molecular complexity index is 1480. The maximum absolute atomic E-state index is 14.5. The van der Waals surface area contributed by atoms with Crippen molar-refractivity contribution in [3.05, 3.63) is 88.7 Å². The summed E-state index contributed by atoms with van der Waals surface area (Å²) >= 11 is 0. The molecule has 1 unspecified atom stereocenters. The van der Waals surface area contributed by atoms with Gasteiger partial charge in [0.05, 0.1) is 17.2 Å². The van der Waals surface area contributed by atoms with E-state index in [1.54, 1.807) is 6.92 Å². The Balaban J connectivity index is 1.49. The molecule has 0 aromatic heterocycles. The lowest BCUT2D eigenvalue weighted by Gasteiger charge is -2.38. The lowest BCUT2D eigenvalue weighted by atomic mass is 9.99. The van der Waals surface area contributed by atoms with E-state index in [1.165, 1.54) is 25.2 Å². The minimum atomic E-state index is -4.52. The first kappa shape index (κ1) is 30.2. The van der Waals surface area contributed by atoms with Gasteiger partial charge < -0.3 is 15.1 Å². The van der Waals surface area contributed by atoms with Crippen LogP contribution >= 0.6 is 0 Å². The highest BCUT2D eigenvalue weighted by Gasteiger charge is 2.32. The zero-order chi connectivity index (χ0) is 29.9. The van der Waals surface area contributed by atoms with Gasteiger partial charge in [0, 0.05) is 51.1 Å². The van der Waals surface area contributed by atoms with Crippen molar-refractivity contribution in [1.82, 2.24) is 5.32 Å². The predicted octanol–water partition coefficient (Wildman–Crippen LogP) is 4.86. The summed E-state index contributed by atoms with van der Waals surface area (Å²) in [6.45, 7) is 5.81. The van der Waals surface area contributed by atoms with Crippen LogP contribution in [-0.2, 0) is 28.4 Å². The molecular formula is C29H32F4N4O3S. The molecule has 41 heavy (non-hydrogen) atoms. The van der Waals surface area contributed by atoms with E-state index in [-0.39, 0.29) is 12.2 Å². The number of alkyl halides is 3. The number of benzene rings is 3. The van der Waals surface area contributed by atoms with Crippen molar-refractivity contribution in [2.45, 2.75) is 32.5 Å². The largest absolute Gasteiger partial charge is 0.416 e. The van der Waals surface area contributed by atoms with Crippen molar-refractivity contribution in [1.29, 1.82) is 0 Å². The molecule has 0 radical (unpaired) electrons. The maximum atomic E-state index is 14.5. The lowest BCUT2D eigenvalue weighted by molar-refractivity contribution is -0.137. The summed E-state index contributed by atoms with van der Waals surface area (Å²) in [4.78, 5) is 17.0. The quantitative estimate of drug-likeness (QED) is 0.289. The van der Waals surface area contributed by atoms with Gasteiger partial charge in [-0.15, -0.1) is 0 Å². The standard InChI is InChI=1S/C29H32F4N4O3S/c1-19-5-4-6-24(15-19)36-11-13-37(14-12-36)27-17-23(29(31,32)33)9-7-22(27)18-34-28(38)20(2)21-8-10-26(25(30)16-21)35(3)41(39)40/h4-10,15-17,20,41H,11-14,18H2,1-3H3,(H,34,38).